The van der Waals surface area contributed by atoms with Crippen molar-refractivity contribution in [2.75, 3.05) is 12.3 Å². The van der Waals surface area contributed by atoms with Crippen LogP contribution in [0.2, 0.25) is 0 Å². The summed E-state index contributed by atoms with van der Waals surface area (Å²) < 4.78 is 23.9. The zero-order chi connectivity index (χ0) is 12.9. The van der Waals surface area contributed by atoms with Gasteiger partial charge in [-0.2, -0.15) is 0 Å². The van der Waals surface area contributed by atoms with Crippen LogP contribution in [0.5, 0.6) is 0 Å². The van der Waals surface area contributed by atoms with Gasteiger partial charge < -0.3 is 5.32 Å². The van der Waals surface area contributed by atoms with E-state index in [0.29, 0.717) is 13.0 Å². The number of sulfone groups is 1. The number of thiophene rings is 1. The van der Waals surface area contributed by atoms with E-state index >= 15 is 0 Å². The quantitative estimate of drug-likeness (QED) is 0.804. The Hall–Kier alpha value is -0.880. The molecule has 0 aromatic carbocycles. The van der Waals surface area contributed by atoms with Crippen molar-refractivity contribution in [1.82, 2.24) is 5.32 Å². The highest BCUT2D eigenvalue weighted by atomic mass is 32.2. The van der Waals surface area contributed by atoms with Crippen molar-refractivity contribution in [1.29, 1.82) is 0 Å². The summed E-state index contributed by atoms with van der Waals surface area (Å²) in [6.07, 6.45) is 0.456. The molecule has 0 fully saturated rings. The van der Waals surface area contributed by atoms with E-state index in [0.717, 1.165) is 4.88 Å². The Labute approximate surface area is 106 Å². The molecule has 0 aliphatic rings. The van der Waals surface area contributed by atoms with Gasteiger partial charge in [0.15, 0.2) is 9.84 Å². The molecule has 96 valence electrons. The van der Waals surface area contributed by atoms with Crippen LogP contribution in [-0.4, -0.2) is 26.6 Å². The van der Waals surface area contributed by atoms with Gasteiger partial charge in [-0.05, 0) is 24.8 Å². The number of amides is 1. The molecule has 1 aromatic heterocycles. The van der Waals surface area contributed by atoms with E-state index in [-0.39, 0.29) is 11.7 Å². The van der Waals surface area contributed by atoms with Crippen molar-refractivity contribution in [2.24, 2.45) is 0 Å². The van der Waals surface area contributed by atoms with E-state index < -0.39 is 15.1 Å². The summed E-state index contributed by atoms with van der Waals surface area (Å²) in [5, 5.41) is 4.01. The summed E-state index contributed by atoms with van der Waals surface area (Å²) in [4.78, 5) is 11.5. The molecule has 0 saturated heterocycles. The molecule has 1 N–H and O–H groups in total. The molecule has 6 heteroatoms. The number of hydrogen-bond donors (Lipinski definition) is 1. The molecule has 0 radical (unpaired) electrons. The van der Waals surface area contributed by atoms with Crippen LogP contribution in [0.25, 0.3) is 0 Å². The Morgan fingerprint density at radius 3 is 2.76 bits per heavy atom. The maximum Gasteiger partial charge on any atom is 0.216 e. The number of rotatable bonds is 6. The third-order valence-corrected chi connectivity index (χ3v) is 5.86. The summed E-state index contributed by atoms with van der Waals surface area (Å²) in [5.41, 5.74) is 0. The van der Waals surface area contributed by atoms with Crippen LogP contribution in [0.15, 0.2) is 17.5 Å². The lowest BCUT2D eigenvalue weighted by atomic mass is 10.4. The molecule has 17 heavy (non-hydrogen) atoms. The van der Waals surface area contributed by atoms with Crippen LogP contribution < -0.4 is 5.32 Å². The first-order chi connectivity index (χ1) is 7.93. The fourth-order valence-electron chi connectivity index (χ4n) is 1.41. The van der Waals surface area contributed by atoms with Crippen LogP contribution >= 0.6 is 11.3 Å². The van der Waals surface area contributed by atoms with Gasteiger partial charge in [0.2, 0.25) is 5.91 Å². The maximum absolute atomic E-state index is 12.0. The monoisotopic (exact) mass is 275 g/mol. The molecule has 1 amide bonds. The van der Waals surface area contributed by atoms with Gasteiger partial charge in [0.05, 0.1) is 11.0 Å². The predicted molar refractivity (Wildman–Crippen MR) is 69.8 cm³/mol. The van der Waals surface area contributed by atoms with Gasteiger partial charge in [-0.15, -0.1) is 11.3 Å². The van der Waals surface area contributed by atoms with E-state index in [1.54, 1.807) is 6.92 Å². The minimum atomic E-state index is -3.12. The van der Waals surface area contributed by atoms with Crippen molar-refractivity contribution in [3.8, 4) is 0 Å². The van der Waals surface area contributed by atoms with Gasteiger partial charge in [0.25, 0.3) is 0 Å². The number of carbonyl (C=O) groups is 1. The van der Waals surface area contributed by atoms with Gasteiger partial charge >= 0.3 is 0 Å². The molecular weight excluding hydrogens is 258 g/mol. The normalized spacial score (nSPS) is 13.3. The van der Waals surface area contributed by atoms with Crippen molar-refractivity contribution in [2.45, 2.75) is 25.5 Å². The molecule has 1 aromatic rings. The molecule has 1 unspecified atom stereocenters. The zero-order valence-corrected chi connectivity index (χ0v) is 11.6. The van der Waals surface area contributed by atoms with Crippen LogP contribution in [0.1, 0.15) is 30.4 Å². The standard InChI is InChI=1S/C11H17NO3S2/c1-9(11-5-3-7-16-11)17(14,15)8-4-6-12-10(2)13/h3,5,7,9H,4,6,8H2,1-2H3,(H,12,13). The lowest BCUT2D eigenvalue weighted by Gasteiger charge is -2.11. The highest BCUT2D eigenvalue weighted by Gasteiger charge is 2.22. The Kier molecular flexibility index (Phi) is 5.14. The van der Waals surface area contributed by atoms with Crippen molar-refractivity contribution >= 4 is 27.1 Å². The minimum Gasteiger partial charge on any atom is -0.356 e. The molecule has 0 bridgehead atoms. The molecule has 0 aliphatic carbocycles. The fraction of sp³-hybridized carbons (Fsp3) is 0.545. The molecule has 1 rings (SSSR count). The van der Waals surface area contributed by atoms with Gasteiger partial charge in [-0.1, -0.05) is 6.07 Å². The molecular formula is C11H17NO3S2. The van der Waals surface area contributed by atoms with E-state index in [4.69, 9.17) is 0 Å². The summed E-state index contributed by atoms with van der Waals surface area (Å²) in [7, 11) is -3.12. The lowest BCUT2D eigenvalue weighted by molar-refractivity contribution is -0.118. The molecule has 0 saturated carbocycles. The molecule has 0 spiro atoms. The Morgan fingerprint density at radius 2 is 2.24 bits per heavy atom. The van der Waals surface area contributed by atoms with E-state index in [2.05, 4.69) is 5.32 Å². The van der Waals surface area contributed by atoms with Crippen LogP contribution in [0, 0.1) is 0 Å². The third kappa shape index (κ3) is 4.47. The SMILES string of the molecule is CC(=O)NCCCS(=O)(=O)C(C)c1cccs1. The number of nitrogens with one attached hydrogen (secondary N) is 1. The highest BCUT2D eigenvalue weighted by Crippen LogP contribution is 2.26. The first-order valence-electron chi connectivity index (χ1n) is 5.43. The maximum atomic E-state index is 12.0. The summed E-state index contributed by atoms with van der Waals surface area (Å²) in [6, 6.07) is 3.68. The van der Waals surface area contributed by atoms with E-state index in [1.807, 2.05) is 17.5 Å². The number of hydrogen-bond acceptors (Lipinski definition) is 4. The van der Waals surface area contributed by atoms with E-state index in [9.17, 15) is 13.2 Å². The van der Waals surface area contributed by atoms with Gasteiger partial charge in [-0.25, -0.2) is 8.42 Å². The average molecular weight is 275 g/mol. The second-order valence-electron chi connectivity index (χ2n) is 3.86. The zero-order valence-electron chi connectivity index (χ0n) is 9.97. The fourth-order valence-corrected chi connectivity index (χ4v) is 4.02. The Balaban J connectivity index is 2.49. The summed E-state index contributed by atoms with van der Waals surface area (Å²) >= 11 is 1.45. The van der Waals surface area contributed by atoms with Gasteiger partial charge in [-0.3, -0.25) is 4.79 Å². The van der Waals surface area contributed by atoms with Gasteiger partial charge in [0, 0.05) is 18.3 Å². The van der Waals surface area contributed by atoms with Gasteiger partial charge in [0.1, 0.15) is 0 Å². The first kappa shape index (κ1) is 14.2. The smallest absolute Gasteiger partial charge is 0.216 e. The largest absolute Gasteiger partial charge is 0.356 e. The first-order valence-corrected chi connectivity index (χ1v) is 8.02. The third-order valence-electron chi connectivity index (χ3n) is 2.46. The molecule has 1 atom stereocenters. The minimum absolute atomic E-state index is 0.104. The van der Waals surface area contributed by atoms with Crippen LogP contribution in [0.3, 0.4) is 0 Å². The lowest BCUT2D eigenvalue weighted by Crippen LogP contribution is -2.24. The Bertz CT molecular complexity index is 451. The molecule has 0 aliphatic heterocycles. The molecule has 1 heterocycles. The summed E-state index contributed by atoms with van der Waals surface area (Å²) in [5.74, 6) is -0.0273. The second kappa shape index (κ2) is 6.16. The van der Waals surface area contributed by atoms with Crippen molar-refractivity contribution in [3.63, 3.8) is 0 Å². The molecule has 4 nitrogen and oxygen atoms in total. The number of carbonyl (C=O) groups excluding carboxylic acids is 1. The van der Waals surface area contributed by atoms with Crippen molar-refractivity contribution < 1.29 is 13.2 Å². The van der Waals surface area contributed by atoms with Crippen LogP contribution in [-0.2, 0) is 14.6 Å². The highest BCUT2D eigenvalue weighted by molar-refractivity contribution is 7.91. The predicted octanol–water partition coefficient (Wildman–Crippen LogP) is 1.75. The average Bonchev–Trinajstić information content (AvgIpc) is 2.76. The Morgan fingerprint density at radius 1 is 1.53 bits per heavy atom. The van der Waals surface area contributed by atoms with Crippen LogP contribution in [0.4, 0.5) is 0 Å². The van der Waals surface area contributed by atoms with Crippen molar-refractivity contribution in [3.05, 3.63) is 22.4 Å². The van der Waals surface area contributed by atoms with E-state index in [1.165, 1.54) is 18.3 Å². The summed E-state index contributed by atoms with van der Waals surface area (Å²) in [6.45, 7) is 3.54. The topological polar surface area (TPSA) is 63.2 Å². The second-order valence-corrected chi connectivity index (χ2v) is 7.28.